The highest BCUT2D eigenvalue weighted by Gasteiger charge is 2.35. The van der Waals surface area contributed by atoms with Crippen molar-refractivity contribution >= 4 is 29.1 Å². The zero-order valence-corrected chi connectivity index (χ0v) is 17.3. The number of hydrogen-bond donors (Lipinski definition) is 2. The molecule has 0 aliphatic heterocycles. The summed E-state index contributed by atoms with van der Waals surface area (Å²) in [5, 5.41) is 6.05. The van der Waals surface area contributed by atoms with Crippen LogP contribution in [0.15, 0.2) is 42.5 Å². The van der Waals surface area contributed by atoms with E-state index in [4.69, 9.17) is 17.3 Å². The van der Waals surface area contributed by atoms with E-state index in [-0.39, 0.29) is 22.9 Å². The van der Waals surface area contributed by atoms with E-state index in [1.807, 2.05) is 13.8 Å². The number of alkyl halides is 4. The van der Waals surface area contributed by atoms with Crippen LogP contribution < -0.4 is 11.1 Å². The fourth-order valence-corrected chi connectivity index (χ4v) is 2.73. The molecule has 160 valence electrons. The van der Waals surface area contributed by atoms with Gasteiger partial charge in [-0.05, 0) is 35.9 Å². The van der Waals surface area contributed by atoms with Gasteiger partial charge in [-0.2, -0.15) is 18.3 Å². The molecule has 1 amide bonds. The van der Waals surface area contributed by atoms with Gasteiger partial charge in [0.05, 0.1) is 5.69 Å². The summed E-state index contributed by atoms with van der Waals surface area (Å²) >= 11 is 5.72. The Kier molecular flexibility index (Phi) is 7.44. The predicted octanol–water partition coefficient (Wildman–Crippen LogP) is 5.10. The highest BCUT2D eigenvalue weighted by atomic mass is 35.5. The first-order valence-corrected chi connectivity index (χ1v) is 9.57. The highest BCUT2D eigenvalue weighted by Crippen LogP contribution is 2.33. The van der Waals surface area contributed by atoms with Gasteiger partial charge in [0.25, 0.3) is 5.91 Å². The molecule has 1 aromatic carbocycles. The van der Waals surface area contributed by atoms with Crippen LogP contribution in [0.5, 0.6) is 0 Å². The van der Waals surface area contributed by atoms with Crippen LogP contribution in [0, 0.1) is 0 Å². The number of nitrogens with two attached hydrogens (primary N) is 1. The number of pyridine rings is 1. The van der Waals surface area contributed by atoms with Crippen molar-refractivity contribution in [2.45, 2.75) is 25.9 Å². The number of benzene rings is 1. The number of carbonyl (C=O) groups is 1. The van der Waals surface area contributed by atoms with E-state index in [9.17, 15) is 18.0 Å². The summed E-state index contributed by atoms with van der Waals surface area (Å²) in [5.41, 5.74) is 6.58. The summed E-state index contributed by atoms with van der Waals surface area (Å²) in [5.74, 6) is 0.0736. The average Bonchev–Trinajstić information content (AvgIpc) is 3.11. The number of nitrogens with one attached hydrogen (secondary N) is 1. The van der Waals surface area contributed by atoms with Crippen LogP contribution >= 0.6 is 11.6 Å². The van der Waals surface area contributed by atoms with Crippen molar-refractivity contribution < 1.29 is 18.0 Å². The van der Waals surface area contributed by atoms with Crippen molar-refractivity contribution in [3.8, 4) is 11.3 Å². The monoisotopic (exact) mass is 439 g/mol. The lowest BCUT2D eigenvalue weighted by Crippen LogP contribution is -2.13. The highest BCUT2D eigenvalue weighted by molar-refractivity contribution is 6.17. The first kappa shape index (κ1) is 23.2. The van der Waals surface area contributed by atoms with Crippen LogP contribution in [0.2, 0.25) is 0 Å². The van der Waals surface area contributed by atoms with Crippen LogP contribution in [-0.4, -0.2) is 20.7 Å². The molecule has 0 saturated heterocycles. The molecule has 30 heavy (non-hydrogen) atoms. The molecule has 10 heteroatoms. The summed E-state index contributed by atoms with van der Waals surface area (Å²) in [6, 6.07) is 10.5. The van der Waals surface area contributed by atoms with Gasteiger partial charge in [-0.15, -0.1) is 11.6 Å². The van der Waals surface area contributed by atoms with Crippen LogP contribution in [0.25, 0.3) is 11.3 Å². The van der Waals surface area contributed by atoms with Gasteiger partial charge in [0, 0.05) is 24.1 Å². The number of nitrogen functional groups attached to an aromatic ring is 1. The molecule has 3 aromatic rings. The van der Waals surface area contributed by atoms with Crippen molar-refractivity contribution in [1.29, 1.82) is 0 Å². The van der Waals surface area contributed by atoms with Crippen LogP contribution in [0.4, 0.5) is 24.8 Å². The van der Waals surface area contributed by atoms with Crippen molar-refractivity contribution in [1.82, 2.24) is 14.8 Å². The molecule has 0 unspecified atom stereocenters. The largest absolute Gasteiger partial charge is 0.435 e. The second-order valence-corrected chi connectivity index (χ2v) is 6.22. The molecule has 3 N–H and O–H groups in total. The van der Waals surface area contributed by atoms with Crippen molar-refractivity contribution in [2.24, 2.45) is 7.05 Å². The number of carbonyl (C=O) groups excluding carboxylic acids is 1. The molecule has 0 spiro atoms. The Morgan fingerprint density at radius 3 is 2.30 bits per heavy atom. The molecule has 0 fully saturated rings. The van der Waals surface area contributed by atoms with Crippen molar-refractivity contribution in [3.63, 3.8) is 0 Å². The molecule has 0 aliphatic rings. The van der Waals surface area contributed by atoms with Gasteiger partial charge < -0.3 is 11.1 Å². The van der Waals surface area contributed by atoms with E-state index in [1.165, 1.54) is 19.2 Å². The van der Waals surface area contributed by atoms with Gasteiger partial charge in [0.15, 0.2) is 5.69 Å². The first-order valence-electron chi connectivity index (χ1n) is 9.03. The summed E-state index contributed by atoms with van der Waals surface area (Å²) in [4.78, 5) is 16.3. The SMILES string of the molecule is CC.Cn1nc(C(F)(F)F)cc1-c1ccc(NC(=O)c2ccc(CCl)cc2)nc1N. The van der Waals surface area contributed by atoms with Crippen LogP contribution in [0.1, 0.15) is 35.5 Å². The lowest BCUT2D eigenvalue weighted by molar-refractivity contribution is -0.141. The zero-order valence-electron chi connectivity index (χ0n) is 16.6. The van der Waals surface area contributed by atoms with E-state index in [0.29, 0.717) is 11.4 Å². The molecule has 2 heterocycles. The van der Waals surface area contributed by atoms with E-state index < -0.39 is 17.8 Å². The first-order chi connectivity index (χ1) is 14.2. The fourth-order valence-electron chi connectivity index (χ4n) is 2.55. The Morgan fingerprint density at radius 2 is 1.80 bits per heavy atom. The summed E-state index contributed by atoms with van der Waals surface area (Å²) < 4.78 is 39.6. The number of anilines is 2. The predicted molar refractivity (Wildman–Crippen MR) is 111 cm³/mol. The third-order valence-electron chi connectivity index (χ3n) is 3.98. The second kappa shape index (κ2) is 9.62. The van der Waals surface area contributed by atoms with Crippen molar-refractivity contribution in [2.75, 3.05) is 11.1 Å². The maximum atomic E-state index is 12.8. The minimum absolute atomic E-state index is 0.0352. The van der Waals surface area contributed by atoms with E-state index >= 15 is 0 Å². The Bertz CT molecular complexity index is 1020. The average molecular weight is 440 g/mol. The second-order valence-electron chi connectivity index (χ2n) is 5.95. The number of hydrogen-bond acceptors (Lipinski definition) is 4. The van der Waals surface area contributed by atoms with Crippen LogP contribution in [0.3, 0.4) is 0 Å². The topological polar surface area (TPSA) is 85.8 Å². The molecule has 0 bridgehead atoms. The smallest absolute Gasteiger partial charge is 0.383 e. The molecular formula is C20H21ClF3N5O. The lowest BCUT2D eigenvalue weighted by atomic mass is 10.1. The van der Waals surface area contributed by atoms with Gasteiger partial charge in [0.2, 0.25) is 0 Å². The normalized spacial score (nSPS) is 10.9. The zero-order chi connectivity index (χ0) is 22.5. The minimum Gasteiger partial charge on any atom is -0.383 e. The Labute approximate surface area is 176 Å². The molecule has 3 rings (SSSR count). The number of aryl methyl sites for hydroxylation is 1. The minimum atomic E-state index is -4.56. The summed E-state index contributed by atoms with van der Waals surface area (Å²) in [7, 11) is 1.38. The van der Waals surface area contributed by atoms with Crippen LogP contribution in [-0.2, 0) is 19.1 Å². The summed E-state index contributed by atoms with van der Waals surface area (Å²) in [6.07, 6.45) is -4.56. The Morgan fingerprint density at radius 1 is 1.17 bits per heavy atom. The van der Waals surface area contributed by atoms with E-state index in [1.54, 1.807) is 24.3 Å². The van der Waals surface area contributed by atoms with E-state index in [2.05, 4.69) is 15.4 Å². The number of aromatic nitrogens is 3. The molecule has 0 radical (unpaired) electrons. The Balaban J connectivity index is 0.00000155. The lowest BCUT2D eigenvalue weighted by Gasteiger charge is -2.09. The molecule has 0 aliphatic carbocycles. The fraction of sp³-hybridized carbons (Fsp3) is 0.250. The van der Waals surface area contributed by atoms with E-state index in [0.717, 1.165) is 16.3 Å². The maximum Gasteiger partial charge on any atom is 0.435 e. The third kappa shape index (κ3) is 5.29. The van der Waals surface area contributed by atoms with Crippen molar-refractivity contribution in [3.05, 3.63) is 59.3 Å². The van der Waals surface area contributed by atoms with Gasteiger partial charge in [-0.25, -0.2) is 4.98 Å². The molecular weight excluding hydrogens is 419 g/mol. The molecule has 0 saturated carbocycles. The molecule has 6 nitrogen and oxygen atoms in total. The molecule has 0 atom stereocenters. The van der Waals surface area contributed by atoms with Gasteiger partial charge in [-0.3, -0.25) is 9.48 Å². The van der Waals surface area contributed by atoms with Gasteiger partial charge in [0.1, 0.15) is 11.6 Å². The third-order valence-corrected chi connectivity index (χ3v) is 4.29. The number of amides is 1. The Hall–Kier alpha value is -3.07. The summed E-state index contributed by atoms with van der Waals surface area (Å²) in [6.45, 7) is 4.00. The number of rotatable bonds is 4. The number of halogens is 4. The van der Waals surface area contributed by atoms with Gasteiger partial charge in [-0.1, -0.05) is 26.0 Å². The van der Waals surface area contributed by atoms with Gasteiger partial charge >= 0.3 is 6.18 Å². The molecule has 2 aromatic heterocycles. The quantitative estimate of drug-likeness (QED) is 0.554. The number of nitrogens with zero attached hydrogens (tertiary/aromatic N) is 3. The standard InChI is InChI=1S/C18H15ClF3N5O.C2H6/c1-27-13(8-14(26-27)18(20,21)22)12-6-7-15(24-16(12)23)25-17(28)11-4-2-10(9-19)3-5-11;1-2/h2-8H,9H2,1H3,(H3,23,24,25,28);1-2H3. The maximum absolute atomic E-state index is 12.8.